The normalized spacial score (nSPS) is 19.6. The molecule has 0 aromatic carbocycles. The van der Waals surface area contributed by atoms with E-state index >= 15 is 0 Å². The van der Waals surface area contributed by atoms with Crippen LogP contribution in [0.2, 0.25) is 0 Å². The molecule has 0 saturated heterocycles. The summed E-state index contributed by atoms with van der Waals surface area (Å²) in [6, 6.07) is 4.85. The van der Waals surface area contributed by atoms with Gasteiger partial charge in [-0.1, -0.05) is 53.5 Å². The molecule has 2 N–H and O–H groups in total. The van der Waals surface area contributed by atoms with Gasteiger partial charge in [0.15, 0.2) is 0 Å². The van der Waals surface area contributed by atoms with Crippen LogP contribution in [0.5, 0.6) is 0 Å². The fourth-order valence-electron chi connectivity index (χ4n) is 2.82. The largest absolute Gasteiger partial charge is 0.378 e. The third-order valence-electron chi connectivity index (χ3n) is 4.41. The fraction of sp³-hybridized carbons (Fsp3) is 0.773. The maximum absolute atomic E-state index is 5.67. The molecular formula is C22H43N3O. The number of pyridine rings is 1. The molecule has 0 spiro atoms. The van der Waals surface area contributed by atoms with E-state index in [1.165, 1.54) is 50.5 Å². The first-order chi connectivity index (χ1) is 12.8. The molecule has 4 heteroatoms. The molecule has 2 heterocycles. The zero-order chi connectivity index (χ0) is 19.6. The Balaban J connectivity index is 0.000000407. The Morgan fingerprint density at radius 1 is 1.19 bits per heavy atom. The quantitative estimate of drug-likeness (QED) is 0.659. The second-order valence-electron chi connectivity index (χ2n) is 6.20. The zero-order valence-electron chi connectivity index (χ0n) is 18.1. The summed E-state index contributed by atoms with van der Waals surface area (Å²) in [6.45, 7) is 12.3. The van der Waals surface area contributed by atoms with Gasteiger partial charge in [-0.3, -0.25) is 0 Å². The lowest BCUT2D eigenvalue weighted by molar-refractivity contribution is -0.0162. The molecule has 26 heavy (non-hydrogen) atoms. The van der Waals surface area contributed by atoms with E-state index < -0.39 is 0 Å². The summed E-state index contributed by atoms with van der Waals surface area (Å²) in [6.07, 6.45) is 11.0. The molecule has 0 radical (unpaired) electrons. The minimum atomic E-state index is 0.555. The first-order valence-corrected chi connectivity index (χ1v) is 10.8. The van der Waals surface area contributed by atoms with Gasteiger partial charge < -0.3 is 15.4 Å². The molecule has 1 fully saturated rings. The molecule has 0 atom stereocenters. The topological polar surface area (TPSA) is 46.2 Å². The van der Waals surface area contributed by atoms with E-state index in [9.17, 15) is 0 Å². The maximum atomic E-state index is 5.67. The Kier molecular flexibility index (Phi) is 16.5. The van der Waals surface area contributed by atoms with Gasteiger partial charge in [0, 0.05) is 25.4 Å². The Labute approximate surface area is 162 Å². The van der Waals surface area contributed by atoms with Gasteiger partial charge in [0.2, 0.25) is 0 Å². The van der Waals surface area contributed by atoms with Crippen molar-refractivity contribution in [3.05, 3.63) is 23.9 Å². The van der Waals surface area contributed by atoms with Crippen LogP contribution in [-0.2, 0) is 11.2 Å². The lowest BCUT2D eigenvalue weighted by Crippen LogP contribution is -2.43. The summed E-state index contributed by atoms with van der Waals surface area (Å²) in [5.74, 6) is 1.08. The monoisotopic (exact) mass is 365 g/mol. The number of aryl methyl sites for hydroxylation is 1. The van der Waals surface area contributed by atoms with Crippen molar-refractivity contribution in [2.45, 2.75) is 91.7 Å². The van der Waals surface area contributed by atoms with Gasteiger partial charge >= 0.3 is 0 Å². The Morgan fingerprint density at radius 2 is 1.92 bits per heavy atom. The average molecular weight is 366 g/mol. The van der Waals surface area contributed by atoms with Crippen molar-refractivity contribution in [1.82, 2.24) is 10.3 Å². The summed E-state index contributed by atoms with van der Waals surface area (Å²) in [5.41, 5.74) is 1.36. The number of aromatic nitrogens is 1. The zero-order valence-corrected chi connectivity index (χ0v) is 18.1. The van der Waals surface area contributed by atoms with Gasteiger partial charge in [0.05, 0.1) is 6.10 Å². The highest BCUT2D eigenvalue weighted by molar-refractivity contribution is 5.45. The smallest absolute Gasteiger partial charge is 0.129 e. The molecule has 2 aliphatic rings. The Morgan fingerprint density at radius 3 is 2.54 bits per heavy atom. The number of nitrogens with zero attached hydrogens (tertiary/aromatic N) is 1. The van der Waals surface area contributed by atoms with E-state index in [0.717, 1.165) is 25.0 Å². The van der Waals surface area contributed by atoms with E-state index in [0.29, 0.717) is 6.10 Å². The number of anilines is 1. The Bertz CT molecular complexity index is 395. The number of ether oxygens (including phenoxy) is 1. The number of rotatable bonds is 6. The number of hydrogen-bond donors (Lipinski definition) is 2. The van der Waals surface area contributed by atoms with Crippen molar-refractivity contribution < 1.29 is 4.74 Å². The van der Waals surface area contributed by atoms with Crippen LogP contribution in [0.1, 0.15) is 78.7 Å². The third-order valence-corrected chi connectivity index (χ3v) is 4.41. The van der Waals surface area contributed by atoms with E-state index in [1.807, 2.05) is 47.0 Å². The van der Waals surface area contributed by atoms with E-state index in [4.69, 9.17) is 4.74 Å². The van der Waals surface area contributed by atoms with Crippen molar-refractivity contribution >= 4 is 5.82 Å². The SMILES string of the molecule is CC.CC.CCCCCOC1CC(NC)C1.c1cnc2c(c1)CCCN2. The molecule has 0 unspecified atom stereocenters. The van der Waals surface area contributed by atoms with Gasteiger partial charge in [-0.2, -0.15) is 0 Å². The second-order valence-corrected chi connectivity index (χ2v) is 6.20. The lowest BCUT2D eigenvalue weighted by Gasteiger charge is -2.34. The van der Waals surface area contributed by atoms with Crippen LogP contribution < -0.4 is 10.6 Å². The van der Waals surface area contributed by atoms with Crippen LogP contribution in [0.3, 0.4) is 0 Å². The van der Waals surface area contributed by atoms with Gasteiger partial charge in [-0.25, -0.2) is 4.98 Å². The Hall–Kier alpha value is -1.13. The van der Waals surface area contributed by atoms with Crippen LogP contribution in [0.25, 0.3) is 0 Å². The van der Waals surface area contributed by atoms with Crippen molar-refractivity contribution in [2.75, 3.05) is 25.5 Å². The van der Waals surface area contributed by atoms with E-state index in [2.05, 4.69) is 28.6 Å². The predicted octanol–water partition coefficient (Wildman–Crippen LogP) is 5.44. The van der Waals surface area contributed by atoms with Crippen molar-refractivity contribution in [1.29, 1.82) is 0 Å². The molecule has 3 rings (SSSR count). The average Bonchev–Trinajstić information content (AvgIpc) is 2.70. The predicted molar refractivity (Wildman–Crippen MR) is 115 cm³/mol. The summed E-state index contributed by atoms with van der Waals surface area (Å²) in [7, 11) is 2.03. The molecule has 0 bridgehead atoms. The first kappa shape index (κ1) is 24.9. The van der Waals surface area contributed by atoms with E-state index in [-0.39, 0.29) is 0 Å². The molecule has 1 aliphatic heterocycles. The first-order valence-electron chi connectivity index (χ1n) is 10.8. The second kappa shape index (κ2) is 17.3. The summed E-state index contributed by atoms with van der Waals surface area (Å²) in [5, 5.41) is 6.50. The van der Waals surface area contributed by atoms with Gasteiger partial charge in [-0.05, 0) is 50.8 Å². The molecule has 1 aliphatic carbocycles. The highest BCUT2D eigenvalue weighted by Gasteiger charge is 2.27. The van der Waals surface area contributed by atoms with Gasteiger partial charge in [-0.15, -0.1) is 0 Å². The van der Waals surface area contributed by atoms with Crippen LogP contribution in [0.15, 0.2) is 18.3 Å². The van der Waals surface area contributed by atoms with Crippen molar-refractivity contribution in [2.24, 2.45) is 0 Å². The number of fused-ring (bicyclic) bond motifs is 1. The van der Waals surface area contributed by atoms with E-state index in [1.54, 1.807) is 0 Å². The summed E-state index contributed by atoms with van der Waals surface area (Å²) < 4.78 is 5.67. The molecule has 1 aromatic rings. The molecule has 152 valence electrons. The fourth-order valence-corrected chi connectivity index (χ4v) is 2.82. The summed E-state index contributed by atoms with van der Waals surface area (Å²) >= 11 is 0. The van der Waals surface area contributed by atoms with Crippen LogP contribution in [0.4, 0.5) is 5.82 Å². The number of unbranched alkanes of at least 4 members (excludes halogenated alkanes) is 2. The minimum absolute atomic E-state index is 0.555. The third kappa shape index (κ3) is 10.1. The van der Waals surface area contributed by atoms with Crippen LogP contribution in [0, 0.1) is 0 Å². The molecule has 4 nitrogen and oxygen atoms in total. The maximum Gasteiger partial charge on any atom is 0.129 e. The van der Waals surface area contributed by atoms with Gasteiger partial charge in [0.1, 0.15) is 5.82 Å². The minimum Gasteiger partial charge on any atom is -0.378 e. The van der Waals surface area contributed by atoms with Gasteiger partial charge in [0.25, 0.3) is 0 Å². The lowest BCUT2D eigenvalue weighted by atomic mass is 9.89. The highest BCUT2D eigenvalue weighted by atomic mass is 16.5. The van der Waals surface area contributed by atoms with Crippen molar-refractivity contribution in [3.8, 4) is 0 Å². The molecular weight excluding hydrogens is 322 g/mol. The standard InChI is InChI=1S/C10H21NO.C8H10N2.2C2H6/c1-3-4-5-6-12-10-7-9(8-10)11-2;1-3-7-4-2-6-10-8(7)9-5-1;2*1-2/h9-11H,3-8H2,1-2H3;1,3,5H,2,4,6H2,(H,9,10);2*1-2H3. The molecule has 1 aromatic heterocycles. The highest BCUT2D eigenvalue weighted by Crippen LogP contribution is 2.23. The van der Waals surface area contributed by atoms with Crippen molar-refractivity contribution in [3.63, 3.8) is 0 Å². The number of nitrogens with one attached hydrogen (secondary N) is 2. The molecule has 1 saturated carbocycles. The summed E-state index contributed by atoms with van der Waals surface area (Å²) in [4.78, 5) is 4.21. The van der Waals surface area contributed by atoms with Crippen LogP contribution >= 0.6 is 0 Å². The molecule has 0 amide bonds. The van der Waals surface area contributed by atoms with Crippen LogP contribution in [-0.4, -0.2) is 37.3 Å². The number of hydrogen-bond acceptors (Lipinski definition) is 4.